The summed E-state index contributed by atoms with van der Waals surface area (Å²) in [6, 6.07) is 0.732. The van der Waals surface area contributed by atoms with Crippen molar-refractivity contribution in [1.29, 1.82) is 0 Å². The Morgan fingerprint density at radius 2 is 2.11 bits per heavy atom. The molecule has 0 radical (unpaired) electrons. The maximum atomic E-state index is 5.57. The molecule has 108 valence electrons. The highest BCUT2D eigenvalue weighted by atomic mass is 16.5. The fourth-order valence-corrected chi connectivity index (χ4v) is 2.76. The molecule has 1 fully saturated rings. The number of likely N-dealkylation sites (tertiary alicyclic amines) is 1. The van der Waals surface area contributed by atoms with E-state index in [1.165, 1.54) is 38.9 Å². The molecule has 0 spiro atoms. The van der Waals surface area contributed by atoms with Gasteiger partial charge in [0.1, 0.15) is 0 Å². The zero-order chi connectivity index (χ0) is 13.4. The van der Waals surface area contributed by atoms with Gasteiger partial charge in [-0.2, -0.15) is 0 Å². The van der Waals surface area contributed by atoms with Gasteiger partial charge in [0.2, 0.25) is 0 Å². The van der Waals surface area contributed by atoms with Crippen LogP contribution in [0.3, 0.4) is 0 Å². The number of piperidine rings is 1. The first-order valence-electron chi connectivity index (χ1n) is 7.70. The summed E-state index contributed by atoms with van der Waals surface area (Å²) in [4.78, 5) is 2.62. The van der Waals surface area contributed by atoms with Crippen LogP contribution in [0.2, 0.25) is 0 Å². The van der Waals surface area contributed by atoms with Crippen LogP contribution >= 0.6 is 0 Å². The third-order valence-corrected chi connectivity index (χ3v) is 3.78. The largest absolute Gasteiger partial charge is 0.379 e. The van der Waals surface area contributed by atoms with Crippen LogP contribution in [0.1, 0.15) is 47.0 Å². The first-order chi connectivity index (χ1) is 8.63. The average molecular weight is 256 g/mol. The smallest absolute Gasteiger partial charge is 0.0518 e. The van der Waals surface area contributed by atoms with Crippen LogP contribution in [0.25, 0.3) is 0 Å². The van der Waals surface area contributed by atoms with Crippen molar-refractivity contribution in [1.82, 2.24) is 10.2 Å². The molecule has 2 atom stereocenters. The van der Waals surface area contributed by atoms with Gasteiger partial charge in [0.25, 0.3) is 0 Å². The molecule has 3 nitrogen and oxygen atoms in total. The number of nitrogens with zero attached hydrogens (tertiary/aromatic N) is 1. The van der Waals surface area contributed by atoms with E-state index < -0.39 is 0 Å². The van der Waals surface area contributed by atoms with E-state index in [1.54, 1.807) is 0 Å². The Kier molecular flexibility index (Phi) is 7.87. The van der Waals surface area contributed by atoms with Crippen LogP contribution in [0.4, 0.5) is 0 Å². The number of hydrogen-bond donors (Lipinski definition) is 1. The number of rotatable bonds is 8. The van der Waals surface area contributed by atoms with E-state index in [1.807, 2.05) is 0 Å². The SMILES string of the molecule is CCNC1CCN(CCCCOC(C)C)CC1C. The molecule has 0 aromatic rings. The Bertz CT molecular complexity index is 209. The van der Waals surface area contributed by atoms with Crippen molar-refractivity contribution in [3.8, 4) is 0 Å². The monoisotopic (exact) mass is 256 g/mol. The zero-order valence-corrected chi connectivity index (χ0v) is 12.7. The molecule has 2 unspecified atom stereocenters. The van der Waals surface area contributed by atoms with Gasteiger partial charge in [-0.15, -0.1) is 0 Å². The van der Waals surface area contributed by atoms with Crippen LogP contribution in [-0.2, 0) is 4.74 Å². The third kappa shape index (κ3) is 6.17. The minimum Gasteiger partial charge on any atom is -0.379 e. The molecule has 1 N–H and O–H groups in total. The summed E-state index contributed by atoms with van der Waals surface area (Å²) in [5, 5.41) is 3.60. The second-order valence-electron chi connectivity index (χ2n) is 5.86. The molecule has 1 aliphatic rings. The fourth-order valence-electron chi connectivity index (χ4n) is 2.76. The van der Waals surface area contributed by atoms with Crippen LogP contribution in [0.5, 0.6) is 0 Å². The summed E-state index contributed by atoms with van der Waals surface area (Å²) in [7, 11) is 0. The van der Waals surface area contributed by atoms with Crippen LogP contribution in [-0.4, -0.2) is 49.8 Å². The van der Waals surface area contributed by atoms with E-state index in [2.05, 4.69) is 37.9 Å². The first kappa shape index (κ1) is 15.9. The lowest BCUT2D eigenvalue weighted by Crippen LogP contribution is -2.48. The number of unbranched alkanes of at least 4 members (excludes halogenated alkanes) is 1. The topological polar surface area (TPSA) is 24.5 Å². The second kappa shape index (κ2) is 8.89. The zero-order valence-electron chi connectivity index (χ0n) is 12.7. The highest BCUT2D eigenvalue weighted by Crippen LogP contribution is 2.17. The molecule has 18 heavy (non-hydrogen) atoms. The van der Waals surface area contributed by atoms with Gasteiger partial charge in [-0.05, 0) is 58.7 Å². The van der Waals surface area contributed by atoms with E-state index in [4.69, 9.17) is 4.74 Å². The number of nitrogens with one attached hydrogen (secondary N) is 1. The lowest BCUT2D eigenvalue weighted by molar-refractivity contribution is 0.0720. The summed E-state index contributed by atoms with van der Waals surface area (Å²) < 4.78 is 5.57. The Morgan fingerprint density at radius 3 is 2.72 bits per heavy atom. The molecule has 0 saturated carbocycles. The van der Waals surface area contributed by atoms with E-state index in [-0.39, 0.29) is 0 Å². The lowest BCUT2D eigenvalue weighted by atomic mass is 9.93. The van der Waals surface area contributed by atoms with Crippen LogP contribution < -0.4 is 5.32 Å². The van der Waals surface area contributed by atoms with Crippen molar-refractivity contribution < 1.29 is 4.74 Å². The van der Waals surface area contributed by atoms with Crippen molar-refractivity contribution in [3.63, 3.8) is 0 Å². The van der Waals surface area contributed by atoms with Gasteiger partial charge in [0, 0.05) is 19.2 Å². The van der Waals surface area contributed by atoms with Gasteiger partial charge >= 0.3 is 0 Å². The normalized spacial score (nSPS) is 25.8. The van der Waals surface area contributed by atoms with E-state index in [0.717, 1.165) is 25.1 Å². The van der Waals surface area contributed by atoms with Gasteiger partial charge in [-0.1, -0.05) is 13.8 Å². The molecule has 1 aliphatic heterocycles. The number of hydrogen-bond acceptors (Lipinski definition) is 3. The summed E-state index contributed by atoms with van der Waals surface area (Å²) in [6.07, 6.45) is 4.14. The second-order valence-corrected chi connectivity index (χ2v) is 5.86. The molecule has 0 aromatic carbocycles. The molecular weight excluding hydrogens is 224 g/mol. The highest BCUT2D eigenvalue weighted by molar-refractivity contribution is 4.82. The fraction of sp³-hybridized carbons (Fsp3) is 1.00. The maximum Gasteiger partial charge on any atom is 0.0518 e. The molecule has 1 rings (SSSR count). The Morgan fingerprint density at radius 1 is 1.33 bits per heavy atom. The Hall–Kier alpha value is -0.120. The summed E-state index contributed by atoms with van der Waals surface area (Å²) >= 11 is 0. The minimum atomic E-state index is 0.376. The molecule has 0 amide bonds. The van der Waals surface area contributed by atoms with Crippen LogP contribution in [0, 0.1) is 5.92 Å². The van der Waals surface area contributed by atoms with Gasteiger partial charge in [0.05, 0.1) is 6.10 Å². The van der Waals surface area contributed by atoms with Crippen molar-refractivity contribution in [2.45, 2.75) is 59.1 Å². The van der Waals surface area contributed by atoms with Gasteiger partial charge in [-0.25, -0.2) is 0 Å². The molecular formula is C15H32N2O. The predicted molar refractivity (Wildman–Crippen MR) is 78.0 cm³/mol. The van der Waals surface area contributed by atoms with Gasteiger partial charge < -0.3 is 15.0 Å². The average Bonchev–Trinajstić information content (AvgIpc) is 2.32. The molecule has 1 heterocycles. The number of ether oxygens (including phenoxy) is 1. The van der Waals surface area contributed by atoms with Crippen LogP contribution in [0.15, 0.2) is 0 Å². The summed E-state index contributed by atoms with van der Waals surface area (Å²) in [5.74, 6) is 0.783. The van der Waals surface area contributed by atoms with Crippen molar-refractivity contribution >= 4 is 0 Å². The predicted octanol–water partition coefficient (Wildman–Crippen LogP) is 2.51. The quantitative estimate of drug-likeness (QED) is 0.675. The van der Waals surface area contributed by atoms with E-state index >= 15 is 0 Å². The molecule has 0 aromatic heterocycles. The Balaban J connectivity index is 2.07. The lowest BCUT2D eigenvalue weighted by Gasteiger charge is -2.37. The Labute approximate surface area is 113 Å². The molecule has 0 bridgehead atoms. The van der Waals surface area contributed by atoms with E-state index in [9.17, 15) is 0 Å². The van der Waals surface area contributed by atoms with Crippen molar-refractivity contribution in [2.24, 2.45) is 5.92 Å². The third-order valence-electron chi connectivity index (χ3n) is 3.78. The van der Waals surface area contributed by atoms with E-state index in [0.29, 0.717) is 6.10 Å². The molecule has 3 heteroatoms. The summed E-state index contributed by atoms with van der Waals surface area (Å²) in [6.45, 7) is 14.6. The van der Waals surface area contributed by atoms with Gasteiger partial charge in [-0.3, -0.25) is 0 Å². The first-order valence-corrected chi connectivity index (χ1v) is 7.70. The molecule has 0 aliphatic carbocycles. The highest BCUT2D eigenvalue weighted by Gasteiger charge is 2.24. The molecule has 1 saturated heterocycles. The van der Waals surface area contributed by atoms with Gasteiger partial charge in [0.15, 0.2) is 0 Å². The minimum absolute atomic E-state index is 0.376. The summed E-state index contributed by atoms with van der Waals surface area (Å²) in [5.41, 5.74) is 0. The van der Waals surface area contributed by atoms with Crippen molar-refractivity contribution in [3.05, 3.63) is 0 Å². The maximum absolute atomic E-state index is 5.57. The standard InChI is InChI=1S/C15H32N2O/c1-5-16-15-8-10-17(12-14(15)4)9-6-7-11-18-13(2)3/h13-16H,5-12H2,1-4H3. The van der Waals surface area contributed by atoms with Crippen molar-refractivity contribution in [2.75, 3.05) is 32.8 Å².